The summed E-state index contributed by atoms with van der Waals surface area (Å²) in [5.74, 6) is -2.36. The highest BCUT2D eigenvalue weighted by Gasteiger charge is 2.80. The Balaban J connectivity index is 2.89. The molecular formula is C9H2Cl6O3. The Hall–Kier alpha value is 0.360. The number of hydrogen-bond donors (Lipinski definition) is 0. The quantitative estimate of drug-likeness (QED) is 0.372. The molecule has 0 amide bonds. The molecule has 0 spiro atoms. The van der Waals surface area contributed by atoms with Crippen LogP contribution in [0, 0.1) is 0 Å². The summed E-state index contributed by atoms with van der Waals surface area (Å²) in [5.41, 5.74) is -0.196. The third-order valence-corrected chi connectivity index (χ3v) is 6.61. The Morgan fingerprint density at radius 1 is 1.00 bits per heavy atom. The van der Waals surface area contributed by atoms with Crippen molar-refractivity contribution in [2.24, 2.45) is 0 Å². The van der Waals surface area contributed by atoms with E-state index in [0.717, 1.165) is 0 Å². The average Bonchev–Trinajstić information content (AvgIpc) is 2.48. The molecule has 0 aromatic carbocycles. The van der Waals surface area contributed by atoms with Crippen molar-refractivity contribution in [3.8, 4) is 0 Å². The number of esters is 2. The van der Waals surface area contributed by atoms with Crippen molar-refractivity contribution >= 4 is 81.5 Å². The van der Waals surface area contributed by atoms with E-state index in [9.17, 15) is 9.59 Å². The van der Waals surface area contributed by atoms with Gasteiger partial charge in [0.15, 0.2) is 4.33 Å². The van der Waals surface area contributed by atoms with Crippen LogP contribution in [-0.2, 0) is 14.3 Å². The molecule has 9 heteroatoms. The molecule has 0 saturated carbocycles. The first-order valence-corrected chi connectivity index (χ1v) is 6.57. The Kier molecular flexibility index (Phi) is 3.23. The van der Waals surface area contributed by atoms with Gasteiger partial charge in [0.05, 0.1) is 10.1 Å². The number of carbonyl (C=O) groups excluding carboxylic acids is 2. The summed E-state index contributed by atoms with van der Waals surface area (Å²) in [4.78, 5) is 19.0. The molecule has 1 heterocycles. The Morgan fingerprint density at radius 3 is 2.00 bits per heavy atom. The summed E-state index contributed by atoms with van der Waals surface area (Å²) in [6, 6.07) is 0. The van der Waals surface area contributed by atoms with Crippen molar-refractivity contribution in [2.45, 2.75) is 14.1 Å². The number of rotatable bonds is 0. The standard InChI is InChI=1S/C9H2Cl6O3/c1-2-3(10)4(11)9(14,15)8(13)6(17)18-5(16)7(2,8)12/h1H2. The van der Waals surface area contributed by atoms with E-state index in [4.69, 9.17) is 69.6 Å². The number of halogens is 6. The van der Waals surface area contributed by atoms with Crippen molar-refractivity contribution in [1.82, 2.24) is 0 Å². The lowest BCUT2D eigenvalue weighted by Crippen LogP contribution is -2.62. The maximum Gasteiger partial charge on any atom is 0.342 e. The van der Waals surface area contributed by atoms with Crippen molar-refractivity contribution in [3.05, 3.63) is 22.2 Å². The van der Waals surface area contributed by atoms with Crippen molar-refractivity contribution in [3.63, 3.8) is 0 Å². The lowest BCUT2D eigenvalue weighted by atomic mass is 9.79. The molecule has 0 bridgehead atoms. The van der Waals surface area contributed by atoms with Gasteiger partial charge in [0.2, 0.25) is 9.75 Å². The molecule has 98 valence electrons. The Labute approximate surface area is 132 Å². The van der Waals surface area contributed by atoms with E-state index in [1.54, 1.807) is 0 Å². The normalized spacial score (nSPS) is 38.9. The summed E-state index contributed by atoms with van der Waals surface area (Å²) in [6.07, 6.45) is 0. The van der Waals surface area contributed by atoms with Gasteiger partial charge in [-0.2, -0.15) is 0 Å². The highest BCUT2D eigenvalue weighted by Crippen LogP contribution is 2.65. The zero-order chi connectivity index (χ0) is 14.1. The molecule has 0 N–H and O–H groups in total. The largest absolute Gasteiger partial charge is 0.390 e. The highest BCUT2D eigenvalue weighted by atomic mass is 35.5. The fraction of sp³-hybridized carbons (Fsp3) is 0.333. The van der Waals surface area contributed by atoms with Crippen LogP contribution in [0.4, 0.5) is 0 Å². The van der Waals surface area contributed by atoms with Crippen molar-refractivity contribution in [1.29, 1.82) is 0 Å². The van der Waals surface area contributed by atoms with Gasteiger partial charge in [0.1, 0.15) is 0 Å². The van der Waals surface area contributed by atoms with Gasteiger partial charge < -0.3 is 4.74 Å². The van der Waals surface area contributed by atoms with Crippen LogP contribution in [0.2, 0.25) is 0 Å². The van der Waals surface area contributed by atoms with Gasteiger partial charge in [-0.1, -0.05) is 76.2 Å². The molecule has 0 radical (unpaired) electrons. The van der Waals surface area contributed by atoms with Crippen LogP contribution in [0.25, 0.3) is 0 Å². The van der Waals surface area contributed by atoms with E-state index in [1.807, 2.05) is 0 Å². The zero-order valence-corrected chi connectivity index (χ0v) is 12.7. The number of carbonyl (C=O) groups is 2. The fourth-order valence-electron chi connectivity index (χ4n) is 1.75. The predicted octanol–water partition coefficient (Wildman–Crippen LogP) is 3.46. The lowest BCUT2D eigenvalue weighted by Gasteiger charge is -2.43. The molecule has 0 aromatic heterocycles. The Morgan fingerprint density at radius 2 is 1.50 bits per heavy atom. The predicted molar refractivity (Wildman–Crippen MR) is 70.6 cm³/mol. The summed E-state index contributed by atoms with van der Waals surface area (Å²) in [6.45, 7) is 3.49. The minimum atomic E-state index is -2.34. The molecule has 1 aliphatic heterocycles. The second-order valence-corrected chi connectivity index (χ2v) is 6.89. The second-order valence-electron chi connectivity index (χ2n) is 3.67. The average molecular weight is 371 g/mol. The van der Waals surface area contributed by atoms with Crippen LogP contribution < -0.4 is 0 Å². The van der Waals surface area contributed by atoms with Crippen LogP contribution >= 0.6 is 69.6 Å². The SMILES string of the molecule is C=C1C(Cl)=C(Cl)C(Cl)(Cl)C2(Cl)C(=O)OC(=O)C12Cl. The number of hydrogen-bond acceptors (Lipinski definition) is 3. The van der Waals surface area contributed by atoms with Crippen LogP contribution in [0.5, 0.6) is 0 Å². The number of allylic oxidation sites excluding steroid dienone is 2. The number of fused-ring (bicyclic) bond motifs is 1. The van der Waals surface area contributed by atoms with Gasteiger partial charge >= 0.3 is 11.9 Å². The van der Waals surface area contributed by atoms with Gasteiger partial charge in [-0.3, -0.25) is 0 Å². The molecule has 2 unspecified atom stereocenters. The third kappa shape index (κ3) is 1.31. The number of alkyl halides is 4. The zero-order valence-electron chi connectivity index (χ0n) is 8.20. The van der Waals surface area contributed by atoms with E-state index in [0.29, 0.717) is 0 Å². The topological polar surface area (TPSA) is 43.4 Å². The van der Waals surface area contributed by atoms with Gasteiger partial charge in [0.25, 0.3) is 0 Å². The highest BCUT2D eigenvalue weighted by molar-refractivity contribution is 6.69. The van der Waals surface area contributed by atoms with Crippen LogP contribution in [0.1, 0.15) is 0 Å². The smallest absolute Gasteiger partial charge is 0.342 e. The van der Waals surface area contributed by atoms with E-state index < -0.39 is 26.0 Å². The van der Waals surface area contributed by atoms with Crippen LogP contribution in [0.15, 0.2) is 22.2 Å². The summed E-state index contributed by atoms with van der Waals surface area (Å²) >= 11 is 35.8. The molecule has 2 rings (SSSR count). The minimum Gasteiger partial charge on any atom is -0.390 e. The molecule has 2 atom stereocenters. The number of ether oxygens (including phenoxy) is 1. The van der Waals surface area contributed by atoms with Gasteiger partial charge in [-0.05, 0) is 5.57 Å². The minimum absolute atomic E-state index is 0.196. The molecule has 1 aliphatic carbocycles. The first kappa shape index (κ1) is 14.8. The van der Waals surface area contributed by atoms with E-state index >= 15 is 0 Å². The van der Waals surface area contributed by atoms with E-state index in [1.165, 1.54) is 0 Å². The Bertz CT molecular complexity index is 538. The molecule has 0 aromatic rings. The van der Waals surface area contributed by atoms with Gasteiger partial charge in [-0.15, -0.1) is 0 Å². The maximum atomic E-state index is 11.8. The first-order chi connectivity index (χ1) is 8.02. The van der Waals surface area contributed by atoms with Crippen LogP contribution in [-0.4, -0.2) is 26.0 Å². The van der Waals surface area contributed by atoms with Crippen molar-refractivity contribution < 1.29 is 14.3 Å². The molecule has 1 fully saturated rings. The monoisotopic (exact) mass is 368 g/mol. The molecule has 1 saturated heterocycles. The maximum absolute atomic E-state index is 11.8. The van der Waals surface area contributed by atoms with Crippen molar-refractivity contribution in [2.75, 3.05) is 0 Å². The molecule has 3 nitrogen and oxygen atoms in total. The summed E-state index contributed by atoms with van der Waals surface area (Å²) < 4.78 is 2.18. The van der Waals surface area contributed by atoms with E-state index in [2.05, 4.69) is 11.3 Å². The first-order valence-electron chi connectivity index (χ1n) is 4.30. The third-order valence-electron chi connectivity index (χ3n) is 2.80. The summed E-state index contributed by atoms with van der Waals surface area (Å²) in [7, 11) is 0. The number of cyclic esters (lactones) is 2. The van der Waals surface area contributed by atoms with Gasteiger partial charge in [0, 0.05) is 0 Å². The fourth-order valence-corrected chi connectivity index (χ4v) is 3.89. The molecule has 2 aliphatic rings. The summed E-state index contributed by atoms with van der Waals surface area (Å²) in [5, 5.41) is -0.588. The lowest BCUT2D eigenvalue weighted by molar-refractivity contribution is -0.153. The molecular weight excluding hydrogens is 369 g/mol. The van der Waals surface area contributed by atoms with Gasteiger partial charge in [-0.25, -0.2) is 9.59 Å². The second kappa shape index (κ2) is 3.94. The van der Waals surface area contributed by atoms with Crippen LogP contribution in [0.3, 0.4) is 0 Å². The van der Waals surface area contributed by atoms with E-state index in [-0.39, 0.29) is 15.6 Å². The molecule has 18 heavy (non-hydrogen) atoms.